The number of halogens is 3. The molecule has 0 radical (unpaired) electrons. The van der Waals surface area contributed by atoms with Gasteiger partial charge in [-0.3, -0.25) is 4.79 Å². The maximum atomic E-state index is 12.8. The normalized spacial score (nSPS) is 16.2. The summed E-state index contributed by atoms with van der Waals surface area (Å²) in [6.45, 7) is 1.07. The lowest BCUT2D eigenvalue weighted by Gasteiger charge is -2.34. The predicted octanol–water partition coefficient (Wildman–Crippen LogP) is 3.96. The third-order valence-electron chi connectivity index (χ3n) is 3.84. The molecular formula is C15H13BrCl2N2O3S2. The SMILES string of the molecule is O=C(c1ccc(Br)s1)N1CCN(S(=O)(=O)c2cccc(Cl)c2Cl)CC1. The smallest absolute Gasteiger partial charge is 0.264 e. The van der Waals surface area contributed by atoms with Gasteiger partial charge >= 0.3 is 0 Å². The number of nitrogens with zero attached hydrogens (tertiary/aromatic N) is 2. The second-order valence-electron chi connectivity index (χ2n) is 5.35. The summed E-state index contributed by atoms with van der Waals surface area (Å²) in [4.78, 5) is 14.7. The van der Waals surface area contributed by atoms with E-state index in [-0.39, 0.29) is 33.9 Å². The molecule has 0 N–H and O–H groups in total. The molecule has 2 heterocycles. The summed E-state index contributed by atoms with van der Waals surface area (Å²) < 4.78 is 27.8. The van der Waals surface area contributed by atoms with Crippen LogP contribution in [-0.4, -0.2) is 49.7 Å². The van der Waals surface area contributed by atoms with E-state index < -0.39 is 10.0 Å². The van der Waals surface area contributed by atoms with Gasteiger partial charge in [0.2, 0.25) is 10.0 Å². The maximum Gasteiger partial charge on any atom is 0.264 e. The quantitative estimate of drug-likeness (QED) is 0.663. The van der Waals surface area contributed by atoms with Crippen LogP contribution in [-0.2, 0) is 10.0 Å². The van der Waals surface area contributed by atoms with Gasteiger partial charge in [-0.1, -0.05) is 29.3 Å². The number of thiophene rings is 1. The molecule has 0 atom stereocenters. The van der Waals surface area contributed by atoms with E-state index in [9.17, 15) is 13.2 Å². The fraction of sp³-hybridized carbons (Fsp3) is 0.267. The van der Waals surface area contributed by atoms with Crippen molar-refractivity contribution in [2.75, 3.05) is 26.2 Å². The monoisotopic (exact) mass is 482 g/mol. The standard InChI is InChI=1S/C15H13BrCl2N2O3S2/c16-13-5-4-11(24-13)15(21)19-6-8-20(9-7-19)25(22,23)12-3-1-2-10(17)14(12)18/h1-5H,6-9H2. The van der Waals surface area contributed by atoms with Crippen molar-refractivity contribution < 1.29 is 13.2 Å². The highest BCUT2D eigenvalue weighted by Crippen LogP contribution is 2.31. The van der Waals surface area contributed by atoms with Crippen LogP contribution in [0.5, 0.6) is 0 Å². The van der Waals surface area contributed by atoms with Crippen LogP contribution in [0.25, 0.3) is 0 Å². The second-order valence-corrected chi connectivity index (χ2v) is 10.5. The molecule has 2 aromatic rings. The Hall–Kier alpha value is -0.640. The largest absolute Gasteiger partial charge is 0.335 e. The Morgan fingerprint density at radius 1 is 1.08 bits per heavy atom. The van der Waals surface area contributed by atoms with Crippen molar-refractivity contribution in [1.82, 2.24) is 9.21 Å². The number of amides is 1. The van der Waals surface area contributed by atoms with Crippen molar-refractivity contribution in [1.29, 1.82) is 0 Å². The first-order chi connectivity index (χ1) is 11.8. The summed E-state index contributed by atoms with van der Waals surface area (Å²) in [5, 5.41) is 0.214. The lowest BCUT2D eigenvalue weighted by molar-refractivity contribution is 0.0703. The molecule has 1 aromatic heterocycles. The number of carbonyl (C=O) groups is 1. The van der Waals surface area contributed by atoms with Crippen LogP contribution in [0.2, 0.25) is 10.0 Å². The highest BCUT2D eigenvalue weighted by Gasteiger charge is 2.32. The summed E-state index contributed by atoms with van der Waals surface area (Å²) in [6.07, 6.45) is 0. The molecule has 3 rings (SSSR count). The Morgan fingerprint density at radius 2 is 1.76 bits per heavy atom. The third kappa shape index (κ3) is 3.89. The molecule has 5 nitrogen and oxygen atoms in total. The summed E-state index contributed by atoms with van der Waals surface area (Å²) in [6, 6.07) is 8.10. The Kier molecular flexibility index (Phi) is 5.77. The lowest BCUT2D eigenvalue weighted by Crippen LogP contribution is -2.50. The van der Waals surface area contributed by atoms with Crippen molar-refractivity contribution in [3.05, 3.63) is 49.0 Å². The van der Waals surface area contributed by atoms with Gasteiger partial charge in [-0.25, -0.2) is 8.42 Å². The van der Waals surface area contributed by atoms with Gasteiger partial charge in [0.1, 0.15) is 4.90 Å². The molecule has 1 aliphatic heterocycles. The van der Waals surface area contributed by atoms with E-state index in [1.54, 1.807) is 23.1 Å². The summed E-state index contributed by atoms with van der Waals surface area (Å²) in [5.41, 5.74) is 0. The number of hydrogen-bond acceptors (Lipinski definition) is 4. The Balaban J connectivity index is 1.73. The number of rotatable bonds is 3. The fourth-order valence-corrected chi connectivity index (χ4v) is 6.05. The van der Waals surface area contributed by atoms with Gasteiger partial charge in [0, 0.05) is 26.2 Å². The molecule has 0 bridgehead atoms. The molecule has 134 valence electrons. The number of hydrogen-bond donors (Lipinski definition) is 0. The van der Waals surface area contributed by atoms with Crippen molar-refractivity contribution >= 4 is 66.4 Å². The topological polar surface area (TPSA) is 57.7 Å². The summed E-state index contributed by atoms with van der Waals surface area (Å²) in [7, 11) is -3.75. The van der Waals surface area contributed by atoms with Gasteiger partial charge in [-0.2, -0.15) is 4.31 Å². The van der Waals surface area contributed by atoms with Gasteiger partial charge in [0.15, 0.2) is 0 Å². The zero-order chi connectivity index (χ0) is 18.2. The molecule has 10 heteroatoms. The second kappa shape index (κ2) is 7.54. The van der Waals surface area contributed by atoms with E-state index >= 15 is 0 Å². The molecule has 0 unspecified atom stereocenters. The zero-order valence-corrected chi connectivity index (χ0v) is 17.5. The third-order valence-corrected chi connectivity index (χ3v) is 8.33. The van der Waals surface area contributed by atoms with Crippen molar-refractivity contribution in [3.63, 3.8) is 0 Å². The van der Waals surface area contributed by atoms with Crippen LogP contribution in [0.4, 0.5) is 0 Å². The minimum absolute atomic E-state index is 0.0105. The molecule has 1 amide bonds. The number of benzene rings is 1. The van der Waals surface area contributed by atoms with Gasteiger partial charge in [-0.05, 0) is 40.2 Å². The summed E-state index contributed by atoms with van der Waals surface area (Å²) in [5.74, 6) is -0.0893. The molecule has 0 spiro atoms. The van der Waals surface area contributed by atoms with E-state index in [1.807, 2.05) is 6.07 Å². The van der Waals surface area contributed by atoms with E-state index in [0.717, 1.165) is 3.79 Å². The lowest BCUT2D eigenvalue weighted by atomic mass is 10.3. The molecule has 0 aliphatic carbocycles. The number of carbonyl (C=O) groups excluding carboxylic acids is 1. The first kappa shape index (κ1) is 19.1. The molecule has 0 saturated carbocycles. The van der Waals surface area contributed by atoms with Crippen LogP contribution in [0, 0.1) is 0 Å². The van der Waals surface area contributed by atoms with Crippen LogP contribution in [0.3, 0.4) is 0 Å². The zero-order valence-electron chi connectivity index (χ0n) is 12.8. The first-order valence-corrected chi connectivity index (χ1v) is 11.1. The van der Waals surface area contributed by atoms with Crippen LogP contribution in [0.15, 0.2) is 39.0 Å². The van der Waals surface area contributed by atoms with E-state index in [0.29, 0.717) is 18.0 Å². The van der Waals surface area contributed by atoms with E-state index in [4.69, 9.17) is 23.2 Å². The molecule has 1 aromatic carbocycles. The minimum atomic E-state index is -3.75. The molecule has 1 saturated heterocycles. The molecule has 25 heavy (non-hydrogen) atoms. The fourth-order valence-electron chi connectivity index (χ4n) is 2.54. The van der Waals surface area contributed by atoms with Crippen molar-refractivity contribution in [3.8, 4) is 0 Å². The van der Waals surface area contributed by atoms with Crippen LogP contribution < -0.4 is 0 Å². The molecule has 1 fully saturated rings. The van der Waals surface area contributed by atoms with Gasteiger partial charge in [0.05, 0.1) is 18.7 Å². The van der Waals surface area contributed by atoms with Crippen molar-refractivity contribution in [2.24, 2.45) is 0 Å². The Bertz CT molecular complexity index is 909. The summed E-state index contributed by atoms with van der Waals surface area (Å²) >= 11 is 16.7. The van der Waals surface area contributed by atoms with E-state index in [2.05, 4.69) is 15.9 Å². The predicted molar refractivity (Wildman–Crippen MR) is 103 cm³/mol. The van der Waals surface area contributed by atoms with Crippen molar-refractivity contribution in [2.45, 2.75) is 4.90 Å². The van der Waals surface area contributed by atoms with E-state index in [1.165, 1.54) is 21.7 Å². The maximum absolute atomic E-state index is 12.8. The molecular weight excluding hydrogens is 471 g/mol. The van der Waals surface area contributed by atoms with Crippen LogP contribution >= 0.6 is 50.5 Å². The van der Waals surface area contributed by atoms with Gasteiger partial charge in [-0.15, -0.1) is 11.3 Å². The average Bonchev–Trinajstić information content (AvgIpc) is 3.03. The minimum Gasteiger partial charge on any atom is -0.335 e. The molecule has 1 aliphatic rings. The Labute approximate surface area is 168 Å². The Morgan fingerprint density at radius 3 is 2.36 bits per heavy atom. The number of sulfonamides is 1. The van der Waals surface area contributed by atoms with Gasteiger partial charge < -0.3 is 4.90 Å². The van der Waals surface area contributed by atoms with Gasteiger partial charge in [0.25, 0.3) is 5.91 Å². The highest BCUT2D eigenvalue weighted by atomic mass is 79.9. The first-order valence-electron chi connectivity index (χ1n) is 7.29. The van der Waals surface area contributed by atoms with Crippen LogP contribution in [0.1, 0.15) is 9.67 Å². The average molecular weight is 484 g/mol. The number of piperazine rings is 1. The highest BCUT2D eigenvalue weighted by molar-refractivity contribution is 9.11.